The average molecular weight is 392 g/mol. The number of carbonyl (C=O) groups is 2. The zero-order valence-corrected chi connectivity index (χ0v) is 16.1. The number of likely N-dealkylation sites (tertiary alicyclic amines) is 1. The molecule has 0 aliphatic carbocycles. The molecule has 2 amide bonds. The summed E-state index contributed by atoms with van der Waals surface area (Å²) in [6.45, 7) is 2.61. The Morgan fingerprint density at radius 2 is 2.15 bits per heavy atom. The van der Waals surface area contributed by atoms with Gasteiger partial charge in [-0.3, -0.25) is 9.59 Å². The summed E-state index contributed by atoms with van der Waals surface area (Å²) in [6, 6.07) is 7.45. The van der Waals surface area contributed by atoms with E-state index in [2.05, 4.69) is 15.5 Å². The minimum absolute atomic E-state index is 0.0814. The number of benzene rings is 1. The summed E-state index contributed by atoms with van der Waals surface area (Å²) < 4.78 is 0.710. The van der Waals surface area contributed by atoms with Gasteiger partial charge in [-0.15, -0.1) is 10.2 Å². The summed E-state index contributed by atoms with van der Waals surface area (Å²) in [6.07, 6.45) is 2.48. The molecule has 1 aliphatic heterocycles. The molecule has 3 N–H and O–H groups in total. The molecule has 2 heterocycles. The van der Waals surface area contributed by atoms with Crippen molar-refractivity contribution in [3.8, 4) is 0 Å². The molecule has 1 atom stereocenters. The number of nitrogens with two attached hydrogens (primary N) is 1. The van der Waals surface area contributed by atoms with E-state index in [-0.39, 0.29) is 11.7 Å². The van der Waals surface area contributed by atoms with E-state index in [9.17, 15) is 9.59 Å². The molecule has 3 rings (SSSR count). The van der Waals surface area contributed by atoms with Gasteiger partial charge in [0.05, 0.1) is 5.75 Å². The largest absolute Gasteiger partial charge is 0.368 e. The topological polar surface area (TPSA) is 101 Å². The molecule has 138 valence electrons. The molecule has 1 aromatic heterocycles. The van der Waals surface area contributed by atoms with E-state index in [1.54, 1.807) is 4.90 Å². The van der Waals surface area contributed by atoms with Gasteiger partial charge in [-0.2, -0.15) is 0 Å². The molecule has 0 spiro atoms. The van der Waals surface area contributed by atoms with E-state index in [0.717, 1.165) is 24.1 Å². The third-order valence-corrected chi connectivity index (χ3v) is 6.22. The molecule has 0 radical (unpaired) electrons. The first-order valence-corrected chi connectivity index (χ1v) is 10.2. The Morgan fingerprint density at radius 1 is 1.35 bits per heavy atom. The van der Waals surface area contributed by atoms with Crippen molar-refractivity contribution in [2.24, 2.45) is 5.73 Å². The van der Waals surface area contributed by atoms with Crippen molar-refractivity contribution >= 4 is 45.7 Å². The highest BCUT2D eigenvalue weighted by Crippen LogP contribution is 2.29. The van der Waals surface area contributed by atoms with Gasteiger partial charge in [0.2, 0.25) is 16.9 Å². The molecule has 1 saturated heterocycles. The number of hydrogen-bond acceptors (Lipinski definition) is 7. The Bertz CT molecular complexity index is 795. The van der Waals surface area contributed by atoms with Crippen LogP contribution < -0.4 is 11.1 Å². The molecule has 7 nitrogen and oxygen atoms in total. The SMILES string of the molecule is Cc1ccccc1Nc1nnc(SCC(=O)N2CCCC[C@@H]2C(N)=O)s1. The van der Waals surface area contributed by atoms with Crippen LogP contribution in [0.5, 0.6) is 0 Å². The van der Waals surface area contributed by atoms with Crippen LogP contribution in [0.15, 0.2) is 28.6 Å². The highest BCUT2D eigenvalue weighted by atomic mass is 32.2. The third kappa shape index (κ3) is 4.53. The van der Waals surface area contributed by atoms with Crippen LogP contribution in [0.3, 0.4) is 0 Å². The van der Waals surface area contributed by atoms with E-state index in [0.29, 0.717) is 22.4 Å². The number of aryl methyl sites for hydroxylation is 1. The average Bonchev–Trinajstić information content (AvgIpc) is 3.09. The van der Waals surface area contributed by atoms with E-state index in [1.165, 1.54) is 23.1 Å². The highest BCUT2D eigenvalue weighted by Gasteiger charge is 2.30. The fourth-order valence-corrected chi connectivity index (χ4v) is 4.53. The predicted octanol–water partition coefficient (Wildman–Crippen LogP) is 2.55. The number of carbonyl (C=O) groups excluding carboxylic acids is 2. The van der Waals surface area contributed by atoms with Crippen LogP contribution >= 0.6 is 23.1 Å². The Hall–Kier alpha value is -2.13. The van der Waals surface area contributed by atoms with E-state index in [4.69, 9.17) is 5.73 Å². The number of nitrogens with one attached hydrogen (secondary N) is 1. The van der Waals surface area contributed by atoms with E-state index >= 15 is 0 Å². The van der Waals surface area contributed by atoms with Gasteiger partial charge in [0, 0.05) is 12.2 Å². The zero-order valence-electron chi connectivity index (χ0n) is 14.5. The normalized spacial score (nSPS) is 17.1. The summed E-state index contributed by atoms with van der Waals surface area (Å²) >= 11 is 2.73. The van der Waals surface area contributed by atoms with Crippen LogP contribution in [0.1, 0.15) is 24.8 Å². The number of rotatable bonds is 6. The molecule has 0 bridgehead atoms. The lowest BCUT2D eigenvalue weighted by atomic mass is 10.0. The third-order valence-electron chi connectivity index (χ3n) is 4.26. The van der Waals surface area contributed by atoms with Gasteiger partial charge in [0.15, 0.2) is 4.34 Å². The molecule has 0 saturated carbocycles. The van der Waals surface area contributed by atoms with Crippen LogP contribution in [0, 0.1) is 6.92 Å². The first-order chi connectivity index (χ1) is 12.5. The van der Waals surface area contributed by atoms with Crippen molar-refractivity contribution < 1.29 is 9.59 Å². The summed E-state index contributed by atoms with van der Waals surface area (Å²) in [5.41, 5.74) is 7.52. The van der Waals surface area contributed by atoms with Crippen LogP contribution in [0.2, 0.25) is 0 Å². The van der Waals surface area contributed by atoms with E-state index < -0.39 is 11.9 Å². The van der Waals surface area contributed by atoms with Crippen molar-refractivity contribution in [3.63, 3.8) is 0 Å². The Balaban J connectivity index is 1.57. The predicted molar refractivity (Wildman–Crippen MR) is 104 cm³/mol. The van der Waals surface area contributed by atoms with Gasteiger partial charge in [0.1, 0.15) is 6.04 Å². The van der Waals surface area contributed by atoms with Crippen molar-refractivity contribution in [3.05, 3.63) is 29.8 Å². The molecule has 0 unspecified atom stereocenters. The van der Waals surface area contributed by atoms with Crippen molar-refractivity contribution in [1.29, 1.82) is 0 Å². The van der Waals surface area contributed by atoms with Crippen LogP contribution in [-0.2, 0) is 9.59 Å². The number of amides is 2. The van der Waals surface area contributed by atoms with Gasteiger partial charge >= 0.3 is 0 Å². The number of nitrogens with zero attached hydrogens (tertiary/aromatic N) is 3. The number of primary amides is 1. The standard InChI is InChI=1S/C17H21N5O2S2/c1-11-6-2-3-7-12(11)19-16-20-21-17(26-16)25-10-14(23)22-9-5-4-8-13(22)15(18)24/h2-3,6-7,13H,4-5,8-10H2,1H3,(H2,18,24)(H,19,20)/t13-/m1/s1. The number of piperidine rings is 1. The zero-order chi connectivity index (χ0) is 18.5. The number of hydrogen-bond donors (Lipinski definition) is 2. The van der Waals surface area contributed by atoms with Gasteiger partial charge in [-0.1, -0.05) is 41.3 Å². The number of aromatic nitrogens is 2. The van der Waals surface area contributed by atoms with Gasteiger partial charge in [-0.25, -0.2) is 0 Å². The first-order valence-electron chi connectivity index (χ1n) is 8.42. The molecular weight excluding hydrogens is 370 g/mol. The van der Waals surface area contributed by atoms with Gasteiger partial charge in [-0.05, 0) is 37.8 Å². The Morgan fingerprint density at radius 3 is 2.92 bits per heavy atom. The van der Waals surface area contributed by atoms with Crippen molar-refractivity contribution in [1.82, 2.24) is 15.1 Å². The van der Waals surface area contributed by atoms with Gasteiger partial charge in [0.25, 0.3) is 0 Å². The molecule has 1 aliphatic rings. The Kier molecular flexibility index (Phi) is 6.10. The summed E-state index contributed by atoms with van der Waals surface area (Å²) in [7, 11) is 0. The summed E-state index contributed by atoms with van der Waals surface area (Å²) in [5, 5.41) is 12.2. The quantitative estimate of drug-likeness (QED) is 0.734. The molecule has 1 fully saturated rings. The molecule has 1 aromatic carbocycles. The maximum atomic E-state index is 12.5. The smallest absolute Gasteiger partial charge is 0.240 e. The van der Waals surface area contributed by atoms with Crippen molar-refractivity contribution in [2.45, 2.75) is 36.6 Å². The first kappa shape index (κ1) is 18.7. The summed E-state index contributed by atoms with van der Waals surface area (Å²) in [5.74, 6) is -0.284. The maximum absolute atomic E-state index is 12.5. The monoisotopic (exact) mass is 391 g/mol. The lowest BCUT2D eigenvalue weighted by molar-refractivity contribution is -0.138. The molecule has 9 heteroatoms. The van der Waals surface area contributed by atoms with Crippen LogP contribution in [0.4, 0.5) is 10.8 Å². The molecule has 2 aromatic rings. The van der Waals surface area contributed by atoms with Crippen molar-refractivity contribution in [2.75, 3.05) is 17.6 Å². The fourth-order valence-electron chi connectivity index (χ4n) is 2.88. The Labute approximate surface area is 160 Å². The maximum Gasteiger partial charge on any atom is 0.240 e. The minimum atomic E-state index is -0.482. The molecular formula is C17H21N5O2S2. The van der Waals surface area contributed by atoms with Crippen LogP contribution in [-0.4, -0.2) is 45.3 Å². The van der Waals surface area contributed by atoms with E-state index in [1.807, 2.05) is 31.2 Å². The second-order valence-electron chi connectivity index (χ2n) is 6.10. The second-order valence-corrected chi connectivity index (χ2v) is 8.30. The molecule has 26 heavy (non-hydrogen) atoms. The minimum Gasteiger partial charge on any atom is -0.368 e. The van der Waals surface area contributed by atoms with Crippen LogP contribution in [0.25, 0.3) is 0 Å². The second kappa shape index (κ2) is 8.50. The fraction of sp³-hybridized carbons (Fsp3) is 0.412. The number of para-hydroxylation sites is 1. The van der Waals surface area contributed by atoms with Gasteiger partial charge < -0.3 is 16.0 Å². The highest BCUT2D eigenvalue weighted by molar-refractivity contribution is 8.01. The lowest BCUT2D eigenvalue weighted by Gasteiger charge is -2.33. The summed E-state index contributed by atoms with van der Waals surface area (Å²) in [4.78, 5) is 25.6. The number of anilines is 2. The lowest BCUT2D eigenvalue weighted by Crippen LogP contribution is -2.51. The number of thioether (sulfide) groups is 1.